The van der Waals surface area contributed by atoms with Gasteiger partial charge in [0.05, 0.1) is 6.10 Å². The van der Waals surface area contributed by atoms with Crippen molar-refractivity contribution in [1.82, 2.24) is 0 Å². The molecule has 0 saturated carbocycles. The van der Waals surface area contributed by atoms with E-state index < -0.39 is 52.3 Å². The van der Waals surface area contributed by atoms with Gasteiger partial charge in [0.1, 0.15) is 16.5 Å². The minimum absolute atomic E-state index is 0.433. The molecule has 0 heterocycles. The average molecular weight is 358 g/mol. The van der Waals surface area contributed by atoms with Gasteiger partial charge in [-0.1, -0.05) is 0 Å². The van der Waals surface area contributed by atoms with Crippen LogP contribution in [0.4, 0.5) is 8.78 Å². The molecule has 22 heavy (non-hydrogen) atoms. The van der Waals surface area contributed by atoms with Crippen LogP contribution in [0.2, 0.25) is 0 Å². The number of rotatable bonds is 7. The molecule has 126 valence electrons. The van der Waals surface area contributed by atoms with Crippen molar-refractivity contribution in [2.75, 3.05) is 13.5 Å². The summed E-state index contributed by atoms with van der Waals surface area (Å²) < 4.78 is 77.4. The topological polar surface area (TPSA) is 78.9 Å². The van der Waals surface area contributed by atoms with Gasteiger partial charge in [-0.25, -0.2) is 8.78 Å². The van der Waals surface area contributed by atoms with Gasteiger partial charge in [0.25, 0.3) is 0 Å². The Morgan fingerprint density at radius 3 is 2.27 bits per heavy atom. The van der Waals surface area contributed by atoms with E-state index in [0.29, 0.717) is 6.07 Å². The SMILES string of the molecule is COP(=O)(COS(=O)(=O)c1c(F)ccc(F)c1C)OC(C)C. The molecule has 0 saturated heterocycles. The first-order chi connectivity index (χ1) is 10.0. The molecule has 0 radical (unpaired) electrons. The average Bonchev–Trinajstić information content (AvgIpc) is 2.40. The first-order valence-electron chi connectivity index (χ1n) is 6.19. The van der Waals surface area contributed by atoms with E-state index in [2.05, 4.69) is 8.71 Å². The van der Waals surface area contributed by atoms with Crippen molar-refractivity contribution >= 4 is 17.7 Å². The lowest BCUT2D eigenvalue weighted by Crippen LogP contribution is -2.14. The molecule has 1 aromatic carbocycles. The van der Waals surface area contributed by atoms with Crippen LogP contribution in [0.5, 0.6) is 0 Å². The molecule has 1 aromatic rings. The fraction of sp³-hybridized carbons (Fsp3) is 0.500. The molecule has 0 aliphatic heterocycles. The van der Waals surface area contributed by atoms with Crippen LogP contribution in [0, 0.1) is 18.6 Å². The molecular formula is C12H17F2O6PS. The molecule has 6 nitrogen and oxygen atoms in total. The standard InChI is InChI=1S/C12H17F2O6PS/c1-8(2)20-21(15,18-4)7-19-22(16,17)12-9(3)10(13)5-6-11(12)14/h5-6,8H,7H2,1-4H3. The summed E-state index contributed by atoms with van der Waals surface area (Å²) in [5, 5.41) is 0. The van der Waals surface area contributed by atoms with Crippen LogP contribution in [0.15, 0.2) is 17.0 Å². The summed E-state index contributed by atoms with van der Waals surface area (Å²) in [7, 11) is -7.44. The predicted octanol–water partition coefficient (Wildman–Crippen LogP) is 3.20. The van der Waals surface area contributed by atoms with Crippen molar-refractivity contribution in [2.24, 2.45) is 0 Å². The molecular weight excluding hydrogens is 341 g/mol. The number of hydrogen-bond acceptors (Lipinski definition) is 6. The van der Waals surface area contributed by atoms with Gasteiger partial charge < -0.3 is 9.05 Å². The monoisotopic (exact) mass is 358 g/mol. The van der Waals surface area contributed by atoms with Crippen molar-refractivity contribution in [3.05, 3.63) is 29.3 Å². The Balaban J connectivity index is 3.08. The Labute approximate surface area is 128 Å². The molecule has 0 fully saturated rings. The van der Waals surface area contributed by atoms with Crippen LogP contribution in [-0.2, 0) is 27.9 Å². The van der Waals surface area contributed by atoms with Crippen LogP contribution >= 0.6 is 7.60 Å². The van der Waals surface area contributed by atoms with Gasteiger partial charge in [-0.05, 0) is 32.9 Å². The zero-order valence-electron chi connectivity index (χ0n) is 12.5. The Morgan fingerprint density at radius 1 is 1.23 bits per heavy atom. The normalized spacial score (nSPS) is 15.0. The van der Waals surface area contributed by atoms with E-state index in [1.54, 1.807) is 13.8 Å². The van der Waals surface area contributed by atoms with Gasteiger partial charge >= 0.3 is 17.7 Å². The van der Waals surface area contributed by atoms with E-state index in [-0.39, 0.29) is 0 Å². The van der Waals surface area contributed by atoms with Crippen molar-refractivity contribution in [2.45, 2.75) is 31.8 Å². The lowest BCUT2D eigenvalue weighted by atomic mass is 10.2. The van der Waals surface area contributed by atoms with Crippen LogP contribution in [-0.4, -0.2) is 28.0 Å². The number of halogens is 2. The van der Waals surface area contributed by atoms with E-state index in [0.717, 1.165) is 20.1 Å². The van der Waals surface area contributed by atoms with E-state index in [9.17, 15) is 21.8 Å². The Morgan fingerprint density at radius 2 is 1.77 bits per heavy atom. The van der Waals surface area contributed by atoms with E-state index in [4.69, 9.17) is 4.52 Å². The molecule has 0 aromatic heterocycles. The van der Waals surface area contributed by atoms with Gasteiger partial charge in [-0.15, -0.1) is 0 Å². The van der Waals surface area contributed by atoms with Gasteiger partial charge in [0.15, 0.2) is 6.35 Å². The Kier molecular flexibility index (Phi) is 6.23. The minimum atomic E-state index is -4.67. The highest BCUT2D eigenvalue weighted by molar-refractivity contribution is 7.87. The van der Waals surface area contributed by atoms with Gasteiger partial charge in [-0.2, -0.15) is 8.42 Å². The fourth-order valence-corrected chi connectivity index (χ4v) is 4.45. The molecule has 1 unspecified atom stereocenters. The predicted molar refractivity (Wildman–Crippen MR) is 75.1 cm³/mol. The maximum Gasteiger partial charge on any atom is 0.357 e. The summed E-state index contributed by atoms with van der Waals surface area (Å²) in [6.45, 7) is 4.22. The summed E-state index contributed by atoms with van der Waals surface area (Å²) in [5.74, 6) is -2.08. The zero-order valence-corrected chi connectivity index (χ0v) is 14.2. The number of benzene rings is 1. The first-order valence-corrected chi connectivity index (χ1v) is 9.33. The van der Waals surface area contributed by atoms with E-state index >= 15 is 0 Å². The first kappa shape index (κ1) is 19.2. The molecule has 0 aliphatic rings. The summed E-state index contributed by atoms with van der Waals surface area (Å²) in [5.41, 5.74) is -0.433. The number of hydrogen-bond donors (Lipinski definition) is 0. The lowest BCUT2D eigenvalue weighted by Gasteiger charge is -2.18. The molecule has 1 rings (SSSR count). The third-order valence-electron chi connectivity index (χ3n) is 2.56. The quantitative estimate of drug-likeness (QED) is 0.550. The largest absolute Gasteiger partial charge is 0.357 e. The second kappa shape index (κ2) is 7.14. The third kappa shape index (κ3) is 4.57. The van der Waals surface area contributed by atoms with Gasteiger partial charge in [0, 0.05) is 12.7 Å². The van der Waals surface area contributed by atoms with Crippen molar-refractivity contribution in [3.63, 3.8) is 0 Å². The molecule has 0 N–H and O–H groups in total. The van der Waals surface area contributed by atoms with Crippen LogP contribution in [0.3, 0.4) is 0 Å². The summed E-state index contributed by atoms with van der Waals surface area (Å²) >= 11 is 0. The van der Waals surface area contributed by atoms with Crippen LogP contribution in [0.25, 0.3) is 0 Å². The molecule has 0 spiro atoms. The van der Waals surface area contributed by atoms with Gasteiger partial charge in [0.2, 0.25) is 0 Å². The minimum Gasteiger partial charge on any atom is -0.310 e. The summed E-state index contributed by atoms with van der Waals surface area (Å²) in [6, 6.07) is 1.46. The fourth-order valence-electron chi connectivity index (χ4n) is 1.58. The Bertz CT molecular complexity index is 689. The summed E-state index contributed by atoms with van der Waals surface area (Å²) in [6.07, 6.45) is -1.45. The highest BCUT2D eigenvalue weighted by Crippen LogP contribution is 2.49. The molecule has 10 heteroatoms. The Hall–Kier alpha value is -0.860. The molecule has 0 aliphatic carbocycles. The maximum absolute atomic E-state index is 13.7. The van der Waals surface area contributed by atoms with Crippen LogP contribution in [0.1, 0.15) is 19.4 Å². The lowest BCUT2D eigenvalue weighted by molar-refractivity contribution is 0.171. The molecule has 0 amide bonds. The van der Waals surface area contributed by atoms with E-state index in [1.807, 2.05) is 0 Å². The highest BCUT2D eigenvalue weighted by Gasteiger charge is 2.31. The summed E-state index contributed by atoms with van der Waals surface area (Å²) in [4.78, 5) is -0.945. The van der Waals surface area contributed by atoms with Crippen molar-refractivity contribution in [1.29, 1.82) is 0 Å². The second-order valence-corrected chi connectivity index (χ2v) is 8.24. The van der Waals surface area contributed by atoms with E-state index in [1.165, 1.54) is 0 Å². The van der Waals surface area contributed by atoms with Crippen LogP contribution < -0.4 is 0 Å². The smallest absolute Gasteiger partial charge is 0.310 e. The zero-order chi connectivity index (χ0) is 17.1. The van der Waals surface area contributed by atoms with Gasteiger partial charge in [-0.3, -0.25) is 8.75 Å². The highest BCUT2D eigenvalue weighted by atomic mass is 32.2. The third-order valence-corrected chi connectivity index (χ3v) is 5.91. The second-order valence-electron chi connectivity index (χ2n) is 4.63. The van der Waals surface area contributed by atoms with Crippen molar-refractivity contribution in [3.8, 4) is 0 Å². The maximum atomic E-state index is 13.7. The molecule has 1 atom stereocenters. The van der Waals surface area contributed by atoms with Crippen molar-refractivity contribution < 1.29 is 35.0 Å². The molecule has 0 bridgehead atoms.